The molecular weight excluding hydrogens is 438 g/mol. The molecule has 2 N–H and O–H groups in total. The van der Waals surface area contributed by atoms with Crippen molar-refractivity contribution in [2.45, 2.75) is 13.5 Å². The third-order valence-corrected chi connectivity index (χ3v) is 4.69. The van der Waals surface area contributed by atoms with E-state index in [0.717, 1.165) is 0 Å². The largest absolute Gasteiger partial charge is 0.494 e. The second-order valence-electron chi connectivity index (χ2n) is 7.11. The van der Waals surface area contributed by atoms with Crippen LogP contribution in [0.25, 0.3) is 0 Å². The third kappa shape index (κ3) is 5.54. The fraction of sp³-hybridized carbons (Fsp3) is 0.125. The standard InChI is InChI=1S/C24H21N5O5/c1-15-26-22(29-34-15)14-33-19-8-5-16(6-9-19)23(30)27-18-7-10-20(21(12-18)32-2)28-24(31)17-4-3-11-25-13-17/h3-13H,14H2,1-2H3,(H,27,30)(H,28,31). The van der Waals surface area contributed by atoms with Gasteiger partial charge in [-0.1, -0.05) is 5.16 Å². The molecule has 0 saturated carbocycles. The zero-order chi connectivity index (χ0) is 23.9. The number of amides is 2. The Morgan fingerprint density at radius 2 is 1.79 bits per heavy atom. The van der Waals surface area contributed by atoms with Crippen LogP contribution in [-0.4, -0.2) is 34.0 Å². The first-order valence-corrected chi connectivity index (χ1v) is 10.2. The van der Waals surface area contributed by atoms with Crippen molar-refractivity contribution in [2.24, 2.45) is 0 Å². The third-order valence-electron chi connectivity index (χ3n) is 4.69. The van der Waals surface area contributed by atoms with Gasteiger partial charge < -0.3 is 24.6 Å². The van der Waals surface area contributed by atoms with Gasteiger partial charge in [0.25, 0.3) is 11.8 Å². The fourth-order valence-corrected chi connectivity index (χ4v) is 3.02. The summed E-state index contributed by atoms with van der Waals surface area (Å²) in [5, 5.41) is 9.35. The molecule has 10 nitrogen and oxygen atoms in total. The van der Waals surface area contributed by atoms with Gasteiger partial charge in [0.1, 0.15) is 11.5 Å². The van der Waals surface area contributed by atoms with Crippen LogP contribution in [0, 0.1) is 6.92 Å². The average Bonchev–Trinajstić information content (AvgIpc) is 3.29. The highest BCUT2D eigenvalue weighted by atomic mass is 16.5. The van der Waals surface area contributed by atoms with Gasteiger partial charge in [0.15, 0.2) is 6.61 Å². The minimum absolute atomic E-state index is 0.159. The van der Waals surface area contributed by atoms with Crippen LogP contribution in [0.3, 0.4) is 0 Å². The van der Waals surface area contributed by atoms with Crippen molar-refractivity contribution in [3.63, 3.8) is 0 Å². The number of methoxy groups -OCH3 is 1. The molecule has 0 unspecified atom stereocenters. The molecule has 2 aromatic heterocycles. The molecule has 0 fully saturated rings. The van der Waals surface area contributed by atoms with Gasteiger partial charge >= 0.3 is 0 Å². The Hall–Kier alpha value is -4.73. The number of hydrogen-bond acceptors (Lipinski definition) is 8. The van der Waals surface area contributed by atoms with Crippen LogP contribution >= 0.6 is 0 Å². The Balaban J connectivity index is 1.38. The molecule has 172 valence electrons. The lowest BCUT2D eigenvalue weighted by Gasteiger charge is -2.13. The zero-order valence-electron chi connectivity index (χ0n) is 18.4. The zero-order valence-corrected chi connectivity index (χ0v) is 18.4. The number of carbonyl (C=O) groups is 2. The number of pyridine rings is 1. The first-order valence-electron chi connectivity index (χ1n) is 10.2. The second-order valence-corrected chi connectivity index (χ2v) is 7.11. The van der Waals surface area contributed by atoms with Crippen molar-refractivity contribution in [1.29, 1.82) is 0 Å². The summed E-state index contributed by atoms with van der Waals surface area (Å²) in [7, 11) is 1.48. The molecule has 0 bridgehead atoms. The van der Waals surface area contributed by atoms with Gasteiger partial charge in [0.2, 0.25) is 11.7 Å². The number of nitrogens with zero attached hydrogens (tertiary/aromatic N) is 3. The minimum atomic E-state index is -0.319. The van der Waals surface area contributed by atoms with Crippen molar-refractivity contribution < 1.29 is 23.6 Å². The Morgan fingerprint density at radius 1 is 1.00 bits per heavy atom. The number of nitrogens with one attached hydrogen (secondary N) is 2. The molecule has 10 heteroatoms. The van der Waals surface area contributed by atoms with Crippen molar-refractivity contribution in [3.8, 4) is 11.5 Å². The van der Waals surface area contributed by atoms with Crippen LogP contribution in [0.15, 0.2) is 71.5 Å². The van der Waals surface area contributed by atoms with E-state index in [1.165, 1.54) is 13.3 Å². The lowest BCUT2D eigenvalue weighted by atomic mass is 10.2. The Labute approximate surface area is 194 Å². The normalized spacial score (nSPS) is 10.4. The lowest BCUT2D eigenvalue weighted by molar-refractivity contribution is 0.101. The molecule has 2 heterocycles. The molecule has 34 heavy (non-hydrogen) atoms. The molecule has 0 aliphatic rings. The second kappa shape index (κ2) is 10.3. The van der Waals surface area contributed by atoms with E-state index < -0.39 is 0 Å². The maximum atomic E-state index is 12.7. The van der Waals surface area contributed by atoms with Gasteiger partial charge in [0, 0.05) is 36.6 Å². The monoisotopic (exact) mass is 459 g/mol. The Morgan fingerprint density at radius 3 is 2.47 bits per heavy atom. The van der Waals surface area contributed by atoms with Crippen LogP contribution in [0.2, 0.25) is 0 Å². The van der Waals surface area contributed by atoms with Crippen LogP contribution in [0.4, 0.5) is 11.4 Å². The molecule has 0 aliphatic carbocycles. The summed E-state index contributed by atoms with van der Waals surface area (Å²) in [5.74, 6) is 1.24. The van der Waals surface area contributed by atoms with Crippen molar-refractivity contribution in [2.75, 3.05) is 17.7 Å². The maximum Gasteiger partial charge on any atom is 0.257 e. The van der Waals surface area contributed by atoms with Crippen molar-refractivity contribution in [1.82, 2.24) is 15.1 Å². The average molecular weight is 459 g/mol. The Bertz CT molecular complexity index is 1290. The summed E-state index contributed by atoms with van der Waals surface area (Å²) in [6.07, 6.45) is 3.06. The van der Waals surface area contributed by atoms with E-state index in [1.54, 1.807) is 67.7 Å². The summed E-state index contributed by atoms with van der Waals surface area (Å²) in [5.41, 5.74) is 1.83. The maximum absolute atomic E-state index is 12.7. The SMILES string of the molecule is COc1cc(NC(=O)c2ccc(OCc3noc(C)n3)cc2)ccc1NC(=O)c1cccnc1. The van der Waals surface area contributed by atoms with E-state index in [1.807, 2.05) is 0 Å². The summed E-state index contributed by atoms with van der Waals surface area (Å²) >= 11 is 0. The van der Waals surface area contributed by atoms with E-state index in [0.29, 0.717) is 45.7 Å². The van der Waals surface area contributed by atoms with Gasteiger partial charge in [-0.15, -0.1) is 0 Å². The number of carbonyl (C=O) groups excluding carboxylic acids is 2. The summed E-state index contributed by atoms with van der Waals surface area (Å²) in [4.78, 5) is 33.0. The molecule has 2 amide bonds. The molecule has 4 aromatic rings. The first kappa shape index (κ1) is 22.5. The summed E-state index contributed by atoms with van der Waals surface area (Å²) in [6.45, 7) is 1.86. The van der Waals surface area contributed by atoms with Gasteiger partial charge in [-0.2, -0.15) is 4.98 Å². The van der Waals surface area contributed by atoms with E-state index in [4.69, 9.17) is 14.0 Å². The first-order chi connectivity index (χ1) is 16.5. The Kier molecular flexibility index (Phi) is 6.78. The number of ether oxygens (including phenoxy) is 2. The number of benzene rings is 2. The highest BCUT2D eigenvalue weighted by Crippen LogP contribution is 2.29. The van der Waals surface area contributed by atoms with Crippen LogP contribution in [-0.2, 0) is 6.61 Å². The summed E-state index contributed by atoms with van der Waals surface area (Å²) < 4.78 is 15.9. The number of rotatable bonds is 8. The molecule has 0 atom stereocenters. The number of aromatic nitrogens is 3. The van der Waals surface area contributed by atoms with Crippen molar-refractivity contribution in [3.05, 3.63) is 89.8 Å². The van der Waals surface area contributed by atoms with Gasteiger partial charge in [0.05, 0.1) is 18.4 Å². The van der Waals surface area contributed by atoms with Crippen LogP contribution in [0.5, 0.6) is 11.5 Å². The molecule has 0 spiro atoms. The van der Waals surface area contributed by atoms with Gasteiger partial charge in [-0.3, -0.25) is 14.6 Å². The van der Waals surface area contributed by atoms with E-state index in [9.17, 15) is 9.59 Å². The van der Waals surface area contributed by atoms with Gasteiger partial charge in [-0.25, -0.2) is 0 Å². The number of anilines is 2. The van der Waals surface area contributed by atoms with Gasteiger partial charge in [-0.05, 0) is 48.5 Å². The minimum Gasteiger partial charge on any atom is -0.494 e. The summed E-state index contributed by atoms with van der Waals surface area (Å²) in [6, 6.07) is 14.9. The molecule has 4 rings (SSSR count). The van der Waals surface area contributed by atoms with Crippen LogP contribution < -0.4 is 20.1 Å². The van der Waals surface area contributed by atoms with E-state index >= 15 is 0 Å². The predicted octanol–water partition coefficient (Wildman–Crippen LogP) is 3.87. The predicted molar refractivity (Wildman–Crippen MR) is 123 cm³/mol. The lowest BCUT2D eigenvalue weighted by Crippen LogP contribution is -2.14. The van der Waals surface area contributed by atoms with E-state index in [2.05, 4.69) is 25.8 Å². The van der Waals surface area contributed by atoms with E-state index in [-0.39, 0.29) is 18.4 Å². The molecule has 0 radical (unpaired) electrons. The number of hydrogen-bond donors (Lipinski definition) is 2. The molecule has 0 aliphatic heterocycles. The number of aryl methyl sites for hydroxylation is 1. The van der Waals surface area contributed by atoms with Crippen LogP contribution in [0.1, 0.15) is 32.4 Å². The highest BCUT2D eigenvalue weighted by molar-refractivity contribution is 6.06. The fourth-order valence-electron chi connectivity index (χ4n) is 3.02. The quantitative estimate of drug-likeness (QED) is 0.406. The topological polar surface area (TPSA) is 128 Å². The molecular formula is C24H21N5O5. The van der Waals surface area contributed by atoms with Crippen molar-refractivity contribution >= 4 is 23.2 Å². The molecule has 2 aromatic carbocycles. The smallest absolute Gasteiger partial charge is 0.257 e. The molecule has 0 saturated heterocycles. The highest BCUT2D eigenvalue weighted by Gasteiger charge is 2.13.